The molecule has 0 aliphatic heterocycles. The van der Waals surface area contributed by atoms with Crippen molar-refractivity contribution in [3.63, 3.8) is 0 Å². The Kier molecular flexibility index (Phi) is 6.75. The first kappa shape index (κ1) is 14.4. The molecule has 0 bridgehead atoms. The number of likely N-dealkylation sites (N-methyl/N-ethyl adjacent to an activating group) is 1. The van der Waals surface area contributed by atoms with Crippen LogP contribution in [-0.2, 0) is 19.9 Å². The quantitative estimate of drug-likeness (QED) is 0.702. The molecule has 0 fully saturated rings. The van der Waals surface area contributed by atoms with Crippen LogP contribution in [0.25, 0.3) is 0 Å². The maximum Gasteiger partial charge on any atom is 0.0946 e. The SMILES string of the molecule is CNCCc1cnc[nH]1.Cn1cnc(CCN)c1. The highest BCUT2D eigenvalue weighted by Gasteiger charge is 1.91. The fraction of sp³-hybridized carbons (Fsp3) is 0.500. The summed E-state index contributed by atoms with van der Waals surface area (Å²) in [5.74, 6) is 0. The summed E-state index contributed by atoms with van der Waals surface area (Å²) in [4.78, 5) is 11.0. The number of aromatic amines is 1. The van der Waals surface area contributed by atoms with Crippen molar-refractivity contribution < 1.29 is 0 Å². The third kappa shape index (κ3) is 5.60. The number of imidazole rings is 2. The number of H-pyrrole nitrogens is 1. The summed E-state index contributed by atoms with van der Waals surface area (Å²) in [6.45, 7) is 1.68. The Hall–Kier alpha value is -1.66. The largest absolute Gasteiger partial charge is 0.348 e. The highest BCUT2D eigenvalue weighted by molar-refractivity contribution is 4.96. The highest BCUT2D eigenvalue weighted by atomic mass is 15.0. The van der Waals surface area contributed by atoms with Crippen molar-refractivity contribution in [2.45, 2.75) is 12.8 Å². The van der Waals surface area contributed by atoms with Gasteiger partial charge in [-0.2, -0.15) is 0 Å². The van der Waals surface area contributed by atoms with Crippen molar-refractivity contribution in [3.8, 4) is 0 Å². The van der Waals surface area contributed by atoms with Gasteiger partial charge in [-0.1, -0.05) is 0 Å². The van der Waals surface area contributed by atoms with Gasteiger partial charge in [0.1, 0.15) is 0 Å². The van der Waals surface area contributed by atoms with E-state index in [1.54, 1.807) is 12.7 Å². The predicted molar refractivity (Wildman–Crippen MR) is 72.2 cm³/mol. The molecule has 0 aliphatic rings. The maximum atomic E-state index is 5.32. The van der Waals surface area contributed by atoms with Crippen molar-refractivity contribution in [1.29, 1.82) is 0 Å². The molecule has 0 amide bonds. The first-order valence-corrected chi connectivity index (χ1v) is 6.05. The molecule has 0 saturated carbocycles. The molecule has 0 saturated heterocycles. The van der Waals surface area contributed by atoms with Crippen molar-refractivity contribution in [2.24, 2.45) is 12.8 Å². The molecule has 18 heavy (non-hydrogen) atoms. The zero-order chi connectivity index (χ0) is 13.2. The number of aromatic nitrogens is 4. The average molecular weight is 250 g/mol. The first-order valence-electron chi connectivity index (χ1n) is 6.05. The molecule has 6 heteroatoms. The summed E-state index contributed by atoms with van der Waals surface area (Å²) in [5, 5.41) is 3.06. The van der Waals surface area contributed by atoms with E-state index in [1.165, 1.54) is 5.69 Å². The van der Waals surface area contributed by atoms with Crippen molar-refractivity contribution in [1.82, 2.24) is 24.8 Å². The van der Waals surface area contributed by atoms with Gasteiger partial charge in [0.05, 0.1) is 18.3 Å². The zero-order valence-corrected chi connectivity index (χ0v) is 11.1. The van der Waals surface area contributed by atoms with Crippen molar-refractivity contribution in [3.05, 3.63) is 36.4 Å². The molecule has 2 heterocycles. The van der Waals surface area contributed by atoms with Crippen LogP contribution >= 0.6 is 0 Å². The van der Waals surface area contributed by atoms with Crippen LogP contribution in [-0.4, -0.2) is 39.7 Å². The van der Waals surface area contributed by atoms with E-state index in [0.29, 0.717) is 6.54 Å². The van der Waals surface area contributed by atoms with Gasteiger partial charge in [-0.15, -0.1) is 0 Å². The Bertz CT molecular complexity index is 406. The third-order valence-electron chi connectivity index (χ3n) is 2.36. The first-order chi connectivity index (χ1) is 8.76. The molecule has 0 spiro atoms. The molecular weight excluding hydrogens is 228 g/mol. The van der Waals surface area contributed by atoms with Gasteiger partial charge in [0, 0.05) is 44.5 Å². The van der Waals surface area contributed by atoms with Crippen LogP contribution in [0.3, 0.4) is 0 Å². The van der Waals surface area contributed by atoms with Crippen molar-refractivity contribution >= 4 is 0 Å². The second-order valence-corrected chi connectivity index (χ2v) is 4.00. The van der Waals surface area contributed by atoms with E-state index in [9.17, 15) is 0 Å². The standard InChI is InChI=1S/2C6H11N3/c1-9-4-6(2-3-7)8-5-9;1-7-3-2-6-4-8-5-9-6/h4-5H,2-3,7H2,1H3;4-5,7H,2-3H2,1H3,(H,8,9). The highest BCUT2D eigenvalue weighted by Crippen LogP contribution is 1.92. The van der Waals surface area contributed by atoms with E-state index in [4.69, 9.17) is 5.73 Å². The zero-order valence-electron chi connectivity index (χ0n) is 11.1. The Labute approximate surface area is 108 Å². The summed E-state index contributed by atoms with van der Waals surface area (Å²) in [5.41, 5.74) is 7.57. The maximum absolute atomic E-state index is 5.32. The van der Waals surface area contributed by atoms with Crippen LogP contribution in [0.5, 0.6) is 0 Å². The van der Waals surface area contributed by atoms with Crippen molar-refractivity contribution in [2.75, 3.05) is 20.1 Å². The van der Waals surface area contributed by atoms with E-state index in [0.717, 1.165) is 25.1 Å². The van der Waals surface area contributed by atoms with Gasteiger partial charge in [0.15, 0.2) is 0 Å². The molecule has 2 aromatic rings. The normalized spacial score (nSPS) is 9.94. The van der Waals surface area contributed by atoms with E-state index >= 15 is 0 Å². The van der Waals surface area contributed by atoms with Crippen LogP contribution in [0.15, 0.2) is 25.0 Å². The second-order valence-electron chi connectivity index (χ2n) is 4.00. The lowest BCUT2D eigenvalue weighted by molar-refractivity contribution is 0.780. The molecule has 0 atom stereocenters. The monoisotopic (exact) mass is 250 g/mol. The van der Waals surface area contributed by atoms with Gasteiger partial charge in [-0.05, 0) is 13.6 Å². The van der Waals surface area contributed by atoms with Gasteiger partial charge in [-0.25, -0.2) is 9.97 Å². The molecule has 2 rings (SSSR count). The van der Waals surface area contributed by atoms with E-state index < -0.39 is 0 Å². The van der Waals surface area contributed by atoms with E-state index in [1.807, 2.05) is 31.1 Å². The van der Waals surface area contributed by atoms with Crippen LogP contribution in [0.4, 0.5) is 0 Å². The number of nitrogens with one attached hydrogen (secondary N) is 2. The van der Waals surface area contributed by atoms with Gasteiger partial charge in [0.2, 0.25) is 0 Å². The summed E-state index contributed by atoms with van der Waals surface area (Å²) in [6, 6.07) is 0. The van der Waals surface area contributed by atoms with Crippen LogP contribution in [0, 0.1) is 0 Å². The Morgan fingerprint density at radius 2 is 2.28 bits per heavy atom. The van der Waals surface area contributed by atoms with Gasteiger partial charge in [0.25, 0.3) is 0 Å². The predicted octanol–water partition coefficient (Wildman–Crippen LogP) is 0.0929. The second kappa shape index (κ2) is 8.43. The minimum absolute atomic E-state index is 0.678. The molecule has 0 unspecified atom stereocenters. The van der Waals surface area contributed by atoms with E-state index in [2.05, 4.69) is 20.3 Å². The Morgan fingerprint density at radius 1 is 1.44 bits per heavy atom. The van der Waals surface area contributed by atoms with Crippen LogP contribution in [0.1, 0.15) is 11.4 Å². The molecule has 4 N–H and O–H groups in total. The number of nitrogens with zero attached hydrogens (tertiary/aromatic N) is 3. The molecular formula is C12H22N6. The molecule has 2 aromatic heterocycles. The number of aryl methyl sites for hydroxylation is 1. The number of hydrogen-bond acceptors (Lipinski definition) is 4. The fourth-order valence-electron chi connectivity index (χ4n) is 1.43. The molecule has 0 aliphatic carbocycles. The number of nitrogens with two attached hydrogens (primary N) is 1. The Morgan fingerprint density at radius 3 is 2.78 bits per heavy atom. The smallest absolute Gasteiger partial charge is 0.0946 e. The van der Waals surface area contributed by atoms with Crippen LogP contribution < -0.4 is 11.1 Å². The summed E-state index contributed by atoms with van der Waals surface area (Å²) >= 11 is 0. The molecule has 100 valence electrons. The lowest BCUT2D eigenvalue weighted by Gasteiger charge is -1.93. The van der Waals surface area contributed by atoms with Gasteiger partial charge in [-0.3, -0.25) is 0 Å². The minimum Gasteiger partial charge on any atom is -0.348 e. The van der Waals surface area contributed by atoms with Crippen LogP contribution in [0.2, 0.25) is 0 Å². The van der Waals surface area contributed by atoms with E-state index in [-0.39, 0.29) is 0 Å². The van der Waals surface area contributed by atoms with Gasteiger partial charge < -0.3 is 20.6 Å². The molecule has 0 aromatic carbocycles. The topological polar surface area (TPSA) is 84.5 Å². The third-order valence-corrected chi connectivity index (χ3v) is 2.36. The van der Waals surface area contributed by atoms with Gasteiger partial charge >= 0.3 is 0 Å². The number of rotatable bonds is 5. The number of hydrogen-bond donors (Lipinski definition) is 3. The Balaban J connectivity index is 0.000000180. The fourth-order valence-corrected chi connectivity index (χ4v) is 1.43. The summed E-state index contributed by atoms with van der Waals surface area (Å²) < 4.78 is 1.92. The lowest BCUT2D eigenvalue weighted by atomic mass is 10.3. The lowest BCUT2D eigenvalue weighted by Crippen LogP contribution is -2.10. The summed E-state index contributed by atoms with van der Waals surface area (Å²) in [6.07, 6.45) is 9.21. The summed E-state index contributed by atoms with van der Waals surface area (Å²) in [7, 11) is 3.89. The molecule has 6 nitrogen and oxygen atoms in total. The molecule has 0 radical (unpaired) electrons. The minimum atomic E-state index is 0.678. The average Bonchev–Trinajstić information content (AvgIpc) is 3.00.